The van der Waals surface area contributed by atoms with Crippen molar-refractivity contribution in [2.45, 2.75) is 32.7 Å². The van der Waals surface area contributed by atoms with Crippen LogP contribution in [0, 0.1) is 6.92 Å². The first-order chi connectivity index (χ1) is 11.7. The molecule has 24 heavy (non-hydrogen) atoms. The van der Waals surface area contributed by atoms with E-state index in [1.54, 1.807) is 7.11 Å². The molecule has 4 nitrogen and oxygen atoms in total. The molecule has 1 heterocycles. The maximum Gasteiger partial charge on any atom is 0.122 e. The fourth-order valence-corrected chi connectivity index (χ4v) is 2.89. The highest BCUT2D eigenvalue weighted by molar-refractivity contribution is 5.37. The van der Waals surface area contributed by atoms with Gasteiger partial charge in [0.1, 0.15) is 5.75 Å². The molecule has 124 valence electrons. The summed E-state index contributed by atoms with van der Waals surface area (Å²) >= 11 is 0. The molecular formula is C20H23N3O. The molecule has 3 rings (SSSR count). The molecule has 0 spiro atoms. The Kier molecular flexibility index (Phi) is 4.94. The lowest BCUT2D eigenvalue weighted by Gasteiger charge is -2.13. The molecule has 0 radical (unpaired) electrons. The predicted molar refractivity (Wildman–Crippen MR) is 95.4 cm³/mol. The second-order valence-corrected chi connectivity index (χ2v) is 6.25. The minimum absolute atomic E-state index is 0.283. The first kappa shape index (κ1) is 16.2. The predicted octanol–water partition coefficient (Wildman–Crippen LogP) is 3.99. The van der Waals surface area contributed by atoms with Crippen LogP contribution in [-0.2, 0) is 13.0 Å². The number of aryl methyl sites for hydroxylation is 1. The highest BCUT2D eigenvalue weighted by Gasteiger charge is 2.14. The van der Waals surface area contributed by atoms with Gasteiger partial charge in [-0.1, -0.05) is 60.2 Å². The van der Waals surface area contributed by atoms with Gasteiger partial charge in [0.25, 0.3) is 0 Å². The van der Waals surface area contributed by atoms with Crippen LogP contribution < -0.4 is 4.74 Å². The molecule has 4 heteroatoms. The van der Waals surface area contributed by atoms with E-state index >= 15 is 0 Å². The first-order valence-corrected chi connectivity index (χ1v) is 8.23. The molecule has 2 aromatic carbocycles. The average molecular weight is 321 g/mol. The molecule has 0 aliphatic carbocycles. The third-order valence-corrected chi connectivity index (χ3v) is 4.21. The van der Waals surface area contributed by atoms with Crippen molar-refractivity contribution in [3.63, 3.8) is 0 Å². The Bertz CT molecular complexity index is 796. The first-order valence-electron chi connectivity index (χ1n) is 8.23. The molecule has 1 atom stereocenters. The molecular weight excluding hydrogens is 298 g/mol. The minimum Gasteiger partial charge on any atom is -0.496 e. The van der Waals surface area contributed by atoms with Crippen LogP contribution in [-0.4, -0.2) is 22.1 Å². The summed E-state index contributed by atoms with van der Waals surface area (Å²) in [5.41, 5.74) is 4.68. The molecule has 1 unspecified atom stereocenters. The summed E-state index contributed by atoms with van der Waals surface area (Å²) in [4.78, 5) is 0. The second-order valence-electron chi connectivity index (χ2n) is 6.25. The van der Waals surface area contributed by atoms with Crippen LogP contribution in [0.15, 0.2) is 54.7 Å². The van der Waals surface area contributed by atoms with Crippen LogP contribution >= 0.6 is 0 Å². The molecule has 3 aromatic rings. The largest absolute Gasteiger partial charge is 0.496 e. The number of rotatable bonds is 6. The third-order valence-electron chi connectivity index (χ3n) is 4.21. The van der Waals surface area contributed by atoms with Crippen molar-refractivity contribution in [1.29, 1.82) is 0 Å². The van der Waals surface area contributed by atoms with E-state index in [0.29, 0.717) is 0 Å². The molecule has 0 aliphatic heterocycles. The van der Waals surface area contributed by atoms with Crippen LogP contribution in [0.25, 0.3) is 0 Å². The van der Waals surface area contributed by atoms with Gasteiger partial charge in [0.15, 0.2) is 0 Å². The molecule has 0 amide bonds. The van der Waals surface area contributed by atoms with Gasteiger partial charge in [0.2, 0.25) is 0 Å². The zero-order chi connectivity index (χ0) is 16.9. The zero-order valence-electron chi connectivity index (χ0n) is 14.4. The van der Waals surface area contributed by atoms with Crippen molar-refractivity contribution in [2.24, 2.45) is 0 Å². The Morgan fingerprint density at radius 2 is 1.92 bits per heavy atom. The van der Waals surface area contributed by atoms with Gasteiger partial charge in [-0.25, -0.2) is 4.68 Å². The summed E-state index contributed by atoms with van der Waals surface area (Å²) < 4.78 is 7.38. The van der Waals surface area contributed by atoms with E-state index in [-0.39, 0.29) is 5.92 Å². The van der Waals surface area contributed by atoms with Gasteiger partial charge < -0.3 is 4.74 Å². The van der Waals surface area contributed by atoms with E-state index in [0.717, 1.165) is 24.4 Å². The summed E-state index contributed by atoms with van der Waals surface area (Å²) in [7, 11) is 1.72. The second kappa shape index (κ2) is 7.30. The van der Waals surface area contributed by atoms with Gasteiger partial charge in [-0.15, -0.1) is 5.10 Å². The lowest BCUT2D eigenvalue weighted by molar-refractivity contribution is 0.408. The molecule has 0 saturated heterocycles. The van der Waals surface area contributed by atoms with Gasteiger partial charge in [-0.3, -0.25) is 0 Å². The Hall–Kier alpha value is -2.62. The van der Waals surface area contributed by atoms with E-state index in [9.17, 15) is 0 Å². The Balaban J connectivity index is 1.72. The minimum atomic E-state index is 0.283. The summed E-state index contributed by atoms with van der Waals surface area (Å²) in [5, 5.41) is 8.63. The fourth-order valence-electron chi connectivity index (χ4n) is 2.89. The van der Waals surface area contributed by atoms with Crippen LogP contribution in [0.4, 0.5) is 0 Å². The maximum absolute atomic E-state index is 5.48. The van der Waals surface area contributed by atoms with Crippen molar-refractivity contribution in [2.75, 3.05) is 7.11 Å². The Morgan fingerprint density at radius 1 is 1.12 bits per heavy atom. The molecule has 0 bridgehead atoms. The number of aromatic nitrogens is 3. The van der Waals surface area contributed by atoms with Gasteiger partial charge >= 0.3 is 0 Å². The Morgan fingerprint density at radius 3 is 2.67 bits per heavy atom. The number of ether oxygens (including phenoxy) is 1. The van der Waals surface area contributed by atoms with Gasteiger partial charge in [-0.05, 0) is 30.5 Å². The lowest BCUT2D eigenvalue weighted by atomic mass is 9.97. The smallest absolute Gasteiger partial charge is 0.122 e. The molecule has 1 aromatic heterocycles. The molecule has 0 aliphatic rings. The Labute approximate surface area is 143 Å². The highest BCUT2D eigenvalue weighted by atomic mass is 16.5. The van der Waals surface area contributed by atoms with E-state index in [4.69, 9.17) is 4.74 Å². The summed E-state index contributed by atoms with van der Waals surface area (Å²) in [6, 6.07) is 16.6. The van der Waals surface area contributed by atoms with Crippen LogP contribution in [0.3, 0.4) is 0 Å². The quantitative estimate of drug-likeness (QED) is 0.689. The number of methoxy groups -OCH3 is 1. The van der Waals surface area contributed by atoms with Gasteiger partial charge in [0.05, 0.1) is 19.3 Å². The molecule has 0 fully saturated rings. The van der Waals surface area contributed by atoms with Crippen molar-refractivity contribution in [3.05, 3.63) is 77.1 Å². The van der Waals surface area contributed by atoms with E-state index in [1.807, 2.05) is 35.1 Å². The lowest BCUT2D eigenvalue weighted by Crippen LogP contribution is -2.02. The monoisotopic (exact) mass is 321 g/mol. The summed E-state index contributed by atoms with van der Waals surface area (Å²) in [5.74, 6) is 1.22. The molecule has 0 saturated carbocycles. The van der Waals surface area contributed by atoms with E-state index in [1.165, 1.54) is 16.7 Å². The summed E-state index contributed by atoms with van der Waals surface area (Å²) in [6.45, 7) is 5.02. The maximum atomic E-state index is 5.48. The topological polar surface area (TPSA) is 39.9 Å². The molecule has 0 N–H and O–H groups in total. The summed E-state index contributed by atoms with van der Waals surface area (Å²) in [6.07, 6.45) is 2.93. The van der Waals surface area contributed by atoms with Crippen LogP contribution in [0.5, 0.6) is 5.75 Å². The average Bonchev–Trinajstić information content (AvgIpc) is 3.05. The van der Waals surface area contributed by atoms with Crippen molar-refractivity contribution >= 4 is 0 Å². The van der Waals surface area contributed by atoms with Crippen LogP contribution in [0.1, 0.15) is 35.2 Å². The fraction of sp³-hybridized carbons (Fsp3) is 0.300. The number of hydrogen-bond acceptors (Lipinski definition) is 3. The van der Waals surface area contributed by atoms with Gasteiger partial charge in [-0.2, -0.15) is 0 Å². The zero-order valence-corrected chi connectivity index (χ0v) is 14.4. The normalized spacial score (nSPS) is 12.1. The SMILES string of the molecule is COc1ccc(C)cc1CC(C)c1cn(Cc2ccccc2)nn1. The number of nitrogens with zero attached hydrogens (tertiary/aromatic N) is 3. The number of hydrogen-bond donors (Lipinski definition) is 0. The van der Waals surface area contributed by atoms with E-state index in [2.05, 4.69) is 48.4 Å². The van der Waals surface area contributed by atoms with Crippen molar-refractivity contribution < 1.29 is 4.74 Å². The standard InChI is InChI=1S/C20H23N3O/c1-15-9-10-20(24-3)18(11-15)12-16(2)19-14-23(22-21-19)13-17-7-5-4-6-8-17/h4-11,14,16H,12-13H2,1-3H3. The third kappa shape index (κ3) is 3.82. The van der Waals surface area contributed by atoms with Gasteiger partial charge in [0, 0.05) is 12.1 Å². The number of benzene rings is 2. The van der Waals surface area contributed by atoms with Crippen molar-refractivity contribution in [3.8, 4) is 5.75 Å². The van der Waals surface area contributed by atoms with E-state index < -0.39 is 0 Å². The highest BCUT2D eigenvalue weighted by Crippen LogP contribution is 2.26. The van der Waals surface area contributed by atoms with Crippen molar-refractivity contribution in [1.82, 2.24) is 15.0 Å². The van der Waals surface area contributed by atoms with Crippen LogP contribution in [0.2, 0.25) is 0 Å².